The molecule has 0 aliphatic carbocycles. The van der Waals surface area contributed by atoms with Gasteiger partial charge in [0.2, 0.25) is 5.91 Å². The molecule has 1 unspecified atom stereocenters. The SMILES string of the molecule is CC(CC(=O)Nc1ccc(OCCN)cc1)c1cccc(F)c1. The Balaban J connectivity index is 1.89. The number of halogens is 1. The maximum Gasteiger partial charge on any atom is 0.224 e. The summed E-state index contributed by atoms with van der Waals surface area (Å²) >= 11 is 0. The number of carbonyl (C=O) groups is 1. The van der Waals surface area contributed by atoms with E-state index in [9.17, 15) is 9.18 Å². The van der Waals surface area contributed by atoms with E-state index in [-0.39, 0.29) is 24.1 Å². The highest BCUT2D eigenvalue weighted by molar-refractivity contribution is 5.91. The first-order valence-electron chi connectivity index (χ1n) is 7.56. The number of nitrogens with one attached hydrogen (secondary N) is 1. The lowest BCUT2D eigenvalue weighted by atomic mass is 9.97. The Kier molecular flexibility index (Phi) is 6.11. The summed E-state index contributed by atoms with van der Waals surface area (Å²) in [6.07, 6.45) is 0.287. The van der Waals surface area contributed by atoms with Crippen LogP contribution in [0.5, 0.6) is 5.75 Å². The molecule has 0 heterocycles. The highest BCUT2D eigenvalue weighted by Crippen LogP contribution is 2.21. The summed E-state index contributed by atoms with van der Waals surface area (Å²) in [7, 11) is 0. The molecule has 5 heteroatoms. The second-order valence-electron chi connectivity index (χ2n) is 5.37. The number of hydrogen-bond acceptors (Lipinski definition) is 3. The minimum absolute atomic E-state index is 0.0575. The second-order valence-corrected chi connectivity index (χ2v) is 5.37. The molecule has 2 aromatic rings. The average molecular weight is 316 g/mol. The Morgan fingerprint density at radius 2 is 2.00 bits per heavy atom. The molecule has 23 heavy (non-hydrogen) atoms. The molecular formula is C18H21FN2O2. The molecule has 2 aromatic carbocycles. The number of ether oxygens (including phenoxy) is 1. The Morgan fingerprint density at radius 3 is 2.65 bits per heavy atom. The van der Waals surface area contributed by atoms with Crippen molar-refractivity contribution in [2.24, 2.45) is 5.73 Å². The van der Waals surface area contributed by atoms with Crippen LogP contribution in [0.2, 0.25) is 0 Å². The number of nitrogens with two attached hydrogens (primary N) is 1. The van der Waals surface area contributed by atoms with Gasteiger partial charge in [-0.1, -0.05) is 19.1 Å². The van der Waals surface area contributed by atoms with Crippen molar-refractivity contribution in [3.63, 3.8) is 0 Å². The van der Waals surface area contributed by atoms with Crippen molar-refractivity contribution in [1.29, 1.82) is 0 Å². The van der Waals surface area contributed by atoms with Crippen LogP contribution in [0.25, 0.3) is 0 Å². The molecule has 3 N–H and O–H groups in total. The predicted octanol–water partition coefficient (Wildman–Crippen LogP) is 3.30. The molecule has 1 amide bonds. The van der Waals surface area contributed by atoms with Crippen molar-refractivity contribution in [2.45, 2.75) is 19.3 Å². The molecule has 0 saturated heterocycles. The van der Waals surface area contributed by atoms with Gasteiger partial charge in [0.1, 0.15) is 18.2 Å². The predicted molar refractivity (Wildman–Crippen MR) is 89.1 cm³/mol. The van der Waals surface area contributed by atoms with Gasteiger partial charge >= 0.3 is 0 Å². The third kappa shape index (κ3) is 5.38. The first-order chi connectivity index (χ1) is 11.1. The van der Waals surface area contributed by atoms with E-state index in [1.54, 1.807) is 30.3 Å². The molecule has 0 aromatic heterocycles. The van der Waals surface area contributed by atoms with Crippen LogP contribution in [0.4, 0.5) is 10.1 Å². The highest BCUT2D eigenvalue weighted by Gasteiger charge is 2.12. The van der Waals surface area contributed by atoms with E-state index < -0.39 is 0 Å². The van der Waals surface area contributed by atoms with Crippen LogP contribution in [0.3, 0.4) is 0 Å². The van der Waals surface area contributed by atoms with Gasteiger partial charge in [0, 0.05) is 18.7 Å². The molecule has 0 aliphatic rings. The summed E-state index contributed by atoms with van der Waals surface area (Å²) in [5.41, 5.74) is 6.88. The van der Waals surface area contributed by atoms with Gasteiger partial charge in [0.15, 0.2) is 0 Å². The summed E-state index contributed by atoms with van der Waals surface area (Å²) in [6.45, 7) is 2.81. The van der Waals surface area contributed by atoms with Crippen molar-refractivity contribution in [3.8, 4) is 5.75 Å². The minimum Gasteiger partial charge on any atom is -0.492 e. The van der Waals surface area contributed by atoms with Crippen LogP contribution in [-0.4, -0.2) is 19.1 Å². The van der Waals surface area contributed by atoms with Gasteiger partial charge in [-0.25, -0.2) is 4.39 Å². The third-order valence-corrected chi connectivity index (χ3v) is 3.43. The molecule has 1 atom stereocenters. The van der Waals surface area contributed by atoms with Crippen LogP contribution in [0, 0.1) is 5.82 Å². The topological polar surface area (TPSA) is 64.3 Å². The molecule has 0 bridgehead atoms. The summed E-state index contributed by atoms with van der Waals surface area (Å²) in [4.78, 5) is 12.1. The smallest absolute Gasteiger partial charge is 0.224 e. The molecular weight excluding hydrogens is 295 g/mol. The van der Waals surface area contributed by atoms with Gasteiger partial charge < -0.3 is 15.8 Å². The molecule has 2 rings (SSSR count). The summed E-state index contributed by atoms with van der Waals surface area (Å²) in [6, 6.07) is 13.4. The minimum atomic E-state index is -0.289. The molecule has 0 radical (unpaired) electrons. The standard InChI is InChI=1S/C18H21FN2O2/c1-13(14-3-2-4-15(19)12-14)11-18(22)21-16-5-7-17(8-6-16)23-10-9-20/h2-8,12-13H,9-11,20H2,1H3,(H,21,22). The number of carbonyl (C=O) groups excluding carboxylic acids is 1. The number of hydrogen-bond donors (Lipinski definition) is 2. The van der Waals surface area contributed by atoms with Gasteiger partial charge in [-0.15, -0.1) is 0 Å². The first kappa shape index (κ1) is 17.0. The van der Waals surface area contributed by atoms with E-state index in [0.717, 1.165) is 5.56 Å². The van der Waals surface area contributed by atoms with E-state index in [0.29, 0.717) is 24.6 Å². The van der Waals surface area contributed by atoms with Crippen LogP contribution in [0.15, 0.2) is 48.5 Å². The van der Waals surface area contributed by atoms with Crippen molar-refractivity contribution >= 4 is 11.6 Å². The molecule has 0 aliphatic heterocycles. The lowest BCUT2D eigenvalue weighted by molar-refractivity contribution is -0.116. The second kappa shape index (κ2) is 8.29. The molecule has 122 valence electrons. The summed E-state index contributed by atoms with van der Waals surface area (Å²) < 4.78 is 18.6. The van der Waals surface area contributed by atoms with Gasteiger partial charge in [-0.3, -0.25) is 4.79 Å². The number of rotatable bonds is 7. The molecule has 0 spiro atoms. The molecule has 0 fully saturated rings. The quantitative estimate of drug-likeness (QED) is 0.824. The van der Waals surface area contributed by atoms with Crippen LogP contribution in [0.1, 0.15) is 24.8 Å². The number of benzene rings is 2. The normalized spacial score (nSPS) is 11.8. The highest BCUT2D eigenvalue weighted by atomic mass is 19.1. The van der Waals surface area contributed by atoms with Crippen LogP contribution >= 0.6 is 0 Å². The Hall–Kier alpha value is -2.40. The van der Waals surface area contributed by atoms with Crippen molar-refractivity contribution in [1.82, 2.24) is 0 Å². The zero-order chi connectivity index (χ0) is 16.7. The van der Waals surface area contributed by atoms with E-state index in [2.05, 4.69) is 5.32 Å². The van der Waals surface area contributed by atoms with Crippen molar-refractivity contribution in [3.05, 3.63) is 59.9 Å². The Labute approximate surface area is 135 Å². The zero-order valence-electron chi connectivity index (χ0n) is 13.1. The van der Waals surface area contributed by atoms with Crippen molar-refractivity contribution in [2.75, 3.05) is 18.5 Å². The third-order valence-electron chi connectivity index (χ3n) is 3.43. The van der Waals surface area contributed by atoms with Crippen LogP contribution in [-0.2, 0) is 4.79 Å². The van der Waals surface area contributed by atoms with E-state index in [4.69, 9.17) is 10.5 Å². The van der Waals surface area contributed by atoms with Gasteiger partial charge in [0.25, 0.3) is 0 Å². The zero-order valence-corrected chi connectivity index (χ0v) is 13.1. The molecule has 0 saturated carbocycles. The monoisotopic (exact) mass is 316 g/mol. The number of anilines is 1. The Bertz CT molecular complexity index is 644. The largest absolute Gasteiger partial charge is 0.492 e. The first-order valence-corrected chi connectivity index (χ1v) is 7.56. The lowest BCUT2D eigenvalue weighted by Crippen LogP contribution is -2.14. The van der Waals surface area contributed by atoms with Gasteiger partial charge in [-0.2, -0.15) is 0 Å². The van der Waals surface area contributed by atoms with Crippen molar-refractivity contribution < 1.29 is 13.9 Å². The lowest BCUT2D eigenvalue weighted by Gasteiger charge is -2.12. The maximum absolute atomic E-state index is 13.2. The summed E-state index contributed by atoms with van der Waals surface area (Å²) in [5.74, 6) is 0.250. The van der Waals surface area contributed by atoms with Gasteiger partial charge in [-0.05, 0) is 47.9 Å². The van der Waals surface area contributed by atoms with E-state index in [1.807, 2.05) is 13.0 Å². The fourth-order valence-corrected chi connectivity index (χ4v) is 2.23. The summed E-state index contributed by atoms with van der Waals surface area (Å²) in [5, 5.41) is 2.83. The Morgan fingerprint density at radius 1 is 1.26 bits per heavy atom. The fraction of sp³-hybridized carbons (Fsp3) is 0.278. The number of amides is 1. The molecule has 4 nitrogen and oxygen atoms in total. The van der Waals surface area contributed by atoms with Gasteiger partial charge in [0.05, 0.1) is 0 Å². The maximum atomic E-state index is 13.2. The van der Waals surface area contributed by atoms with E-state index in [1.165, 1.54) is 12.1 Å². The average Bonchev–Trinajstić information content (AvgIpc) is 2.54. The van der Waals surface area contributed by atoms with Crippen LogP contribution < -0.4 is 15.8 Å². The van der Waals surface area contributed by atoms with E-state index >= 15 is 0 Å². The fourth-order valence-electron chi connectivity index (χ4n) is 2.23.